The molecule has 0 saturated heterocycles. The SMILES string of the molecule is C[C@@H]1C[C@@H]2C[C@H](C)CC(c3cc(-c4ccc(C#N)cc4)cc(-c4nc(-c5cccc6c5oc5ccccc56)nc(-c5cccc6c5oc5ccccc56)n4)c3)(C1)C2. The lowest BCUT2D eigenvalue weighted by molar-refractivity contribution is 0.0781. The molecule has 0 amide bonds. The fraction of sp³-hybridized carbons (Fsp3) is 0.216. The molecule has 2 aliphatic carbocycles. The monoisotopic (exact) mass is 740 g/mol. The number of fused-ring (bicyclic) bond motifs is 8. The Labute approximate surface area is 330 Å². The maximum absolute atomic E-state index is 9.62. The average Bonchev–Trinajstić information content (AvgIpc) is 3.82. The van der Waals surface area contributed by atoms with Crippen LogP contribution in [0.5, 0.6) is 0 Å². The van der Waals surface area contributed by atoms with E-state index in [9.17, 15) is 5.26 Å². The minimum absolute atomic E-state index is 0.0653. The fourth-order valence-corrected chi connectivity index (χ4v) is 10.6. The number of rotatable bonds is 5. The molecule has 0 N–H and O–H groups in total. The van der Waals surface area contributed by atoms with E-state index in [2.05, 4.69) is 86.6 Å². The number of furan rings is 2. The molecule has 4 atom stereocenters. The van der Waals surface area contributed by atoms with Crippen LogP contribution in [0.15, 0.2) is 136 Å². The Balaban J connectivity index is 1.18. The van der Waals surface area contributed by atoms with Gasteiger partial charge in [0, 0.05) is 27.1 Å². The number of benzene rings is 6. The van der Waals surface area contributed by atoms with Crippen LogP contribution >= 0.6 is 0 Å². The highest BCUT2D eigenvalue weighted by molar-refractivity contribution is 6.10. The van der Waals surface area contributed by atoms with Crippen molar-refractivity contribution in [2.45, 2.75) is 51.4 Å². The molecule has 6 heteroatoms. The van der Waals surface area contributed by atoms with E-state index in [1.54, 1.807) is 0 Å². The predicted octanol–water partition coefficient (Wildman–Crippen LogP) is 13.3. The quantitative estimate of drug-likeness (QED) is 0.175. The number of nitrogens with zero attached hydrogens (tertiary/aromatic N) is 4. The average molecular weight is 741 g/mol. The van der Waals surface area contributed by atoms with Crippen molar-refractivity contribution in [3.63, 3.8) is 0 Å². The first-order valence-corrected chi connectivity index (χ1v) is 20.2. The van der Waals surface area contributed by atoms with Gasteiger partial charge in [0.25, 0.3) is 0 Å². The molecule has 57 heavy (non-hydrogen) atoms. The highest BCUT2D eigenvalue weighted by Crippen LogP contribution is 2.55. The predicted molar refractivity (Wildman–Crippen MR) is 227 cm³/mol. The molecule has 3 heterocycles. The van der Waals surface area contributed by atoms with Gasteiger partial charge in [0.05, 0.1) is 22.8 Å². The van der Waals surface area contributed by atoms with Gasteiger partial charge in [-0.15, -0.1) is 0 Å². The van der Waals surface area contributed by atoms with Gasteiger partial charge in [0.1, 0.15) is 22.3 Å². The molecule has 2 saturated carbocycles. The summed E-state index contributed by atoms with van der Waals surface area (Å²) in [6.45, 7) is 4.87. The lowest BCUT2D eigenvalue weighted by Crippen LogP contribution is -2.42. The second kappa shape index (κ2) is 13.0. The van der Waals surface area contributed by atoms with Crippen LogP contribution in [-0.4, -0.2) is 15.0 Å². The smallest absolute Gasteiger partial charge is 0.167 e. The van der Waals surface area contributed by atoms with E-state index in [1.807, 2.05) is 60.7 Å². The lowest BCUT2D eigenvalue weighted by atomic mass is 9.54. The van der Waals surface area contributed by atoms with Gasteiger partial charge in [-0.2, -0.15) is 5.26 Å². The summed E-state index contributed by atoms with van der Waals surface area (Å²) >= 11 is 0. The van der Waals surface area contributed by atoms with Crippen LogP contribution in [0.3, 0.4) is 0 Å². The second-order valence-electron chi connectivity index (χ2n) is 16.8. The van der Waals surface area contributed by atoms with Crippen LogP contribution in [-0.2, 0) is 5.41 Å². The van der Waals surface area contributed by atoms with E-state index in [1.165, 1.54) is 37.7 Å². The Morgan fingerprint density at radius 1 is 0.544 bits per heavy atom. The van der Waals surface area contributed by atoms with Crippen LogP contribution in [0.2, 0.25) is 0 Å². The van der Waals surface area contributed by atoms with Crippen molar-refractivity contribution in [2.24, 2.45) is 17.8 Å². The first-order valence-electron chi connectivity index (χ1n) is 20.2. The molecule has 0 aliphatic heterocycles. The summed E-state index contributed by atoms with van der Waals surface area (Å²) in [5.74, 6) is 3.70. The summed E-state index contributed by atoms with van der Waals surface area (Å²) in [6.07, 6.45) is 6.14. The number of hydrogen-bond acceptors (Lipinski definition) is 6. The molecule has 0 radical (unpaired) electrons. The topological polar surface area (TPSA) is 88.7 Å². The normalized spacial score (nSPS) is 20.7. The molecule has 6 nitrogen and oxygen atoms in total. The summed E-state index contributed by atoms with van der Waals surface area (Å²) in [5, 5.41) is 13.8. The number of aromatic nitrogens is 3. The van der Waals surface area contributed by atoms with Gasteiger partial charge in [0.15, 0.2) is 17.5 Å². The zero-order chi connectivity index (χ0) is 38.3. The van der Waals surface area contributed by atoms with Gasteiger partial charge >= 0.3 is 0 Å². The minimum Gasteiger partial charge on any atom is -0.455 e. The van der Waals surface area contributed by atoms with E-state index >= 15 is 0 Å². The van der Waals surface area contributed by atoms with Crippen LogP contribution in [0.25, 0.3) is 89.2 Å². The minimum atomic E-state index is 0.0653. The maximum atomic E-state index is 9.62. The van der Waals surface area contributed by atoms with Crippen LogP contribution in [0, 0.1) is 29.1 Å². The van der Waals surface area contributed by atoms with Crippen molar-refractivity contribution >= 4 is 43.9 Å². The van der Waals surface area contributed by atoms with E-state index < -0.39 is 0 Å². The molecule has 2 aliphatic rings. The molecule has 0 spiro atoms. The molecular weight excluding hydrogens is 701 g/mol. The Kier molecular flexibility index (Phi) is 7.69. The van der Waals surface area contributed by atoms with Gasteiger partial charge in [-0.25, -0.2) is 15.0 Å². The lowest BCUT2D eigenvalue weighted by Gasteiger charge is -2.50. The number of hydrogen-bond donors (Lipinski definition) is 0. The molecule has 276 valence electrons. The number of nitriles is 1. The fourth-order valence-electron chi connectivity index (χ4n) is 10.6. The molecule has 11 rings (SSSR count). The molecule has 9 aromatic rings. The zero-order valence-electron chi connectivity index (χ0n) is 32.0. The second-order valence-corrected chi connectivity index (χ2v) is 16.8. The van der Waals surface area contributed by atoms with Crippen LogP contribution in [0.4, 0.5) is 0 Å². The van der Waals surface area contributed by atoms with E-state index in [0.29, 0.717) is 34.9 Å². The van der Waals surface area contributed by atoms with Gasteiger partial charge in [-0.1, -0.05) is 92.7 Å². The van der Waals surface area contributed by atoms with Gasteiger partial charge in [-0.3, -0.25) is 0 Å². The third kappa shape index (κ3) is 5.64. The Morgan fingerprint density at radius 2 is 1.07 bits per heavy atom. The Morgan fingerprint density at radius 3 is 1.65 bits per heavy atom. The first kappa shape index (κ1) is 33.7. The summed E-state index contributed by atoms with van der Waals surface area (Å²) in [7, 11) is 0. The maximum Gasteiger partial charge on any atom is 0.167 e. The van der Waals surface area contributed by atoms with E-state index in [4.69, 9.17) is 23.8 Å². The molecule has 2 bridgehead atoms. The molecule has 1 unspecified atom stereocenters. The number of para-hydroxylation sites is 4. The summed E-state index contributed by atoms with van der Waals surface area (Å²) in [5.41, 5.74) is 9.89. The van der Waals surface area contributed by atoms with Gasteiger partial charge in [0.2, 0.25) is 0 Å². The van der Waals surface area contributed by atoms with Crippen LogP contribution < -0.4 is 0 Å². The standard InChI is InChI=1S/C51H40N4O2/c1-30-21-33-22-31(2)27-51(26-30,28-33)37-24-35(34-19-17-32(29-52)18-20-34)23-36(25-37)48-53-49(42-13-7-11-40-38-9-3-5-15-44(38)56-46(40)42)55-50(54-48)43-14-8-12-41-39-10-4-6-16-45(39)57-47(41)43/h3-20,23-25,30-31,33H,21-22,26-28H2,1-2H3/t30-,31+,33-,51?. The van der Waals surface area contributed by atoms with Crippen molar-refractivity contribution in [1.29, 1.82) is 5.26 Å². The Hall–Kier alpha value is -6.58. The highest BCUT2D eigenvalue weighted by Gasteiger charge is 2.45. The molecular formula is C51H40N4O2. The van der Waals surface area contributed by atoms with E-state index in [-0.39, 0.29) is 5.41 Å². The summed E-state index contributed by atoms with van der Waals surface area (Å²) < 4.78 is 13.1. The summed E-state index contributed by atoms with van der Waals surface area (Å²) in [6, 6.07) is 45.9. The van der Waals surface area contributed by atoms with Gasteiger partial charge < -0.3 is 8.83 Å². The third-order valence-corrected chi connectivity index (χ3v) is 12.7. The van der Waals surface area contributed by atoms with Crippen molar-refractivity contribution in [1.82, 2.24) is 15.0 Å². The zero-order valence-corrected chi connectivity index (χ0v) is 32.0. The van der Waals surface area contributed by atoms with Crippen molar-refractivity contribution < 1.29 is 8.83 Å². The third-order valence-electron chi connectivity index (χ3n) is 12.7. The molecule has 2 fully saturated rings. The largest absolute Gasteiger partial charge is 0.455 e. The highest BCUT2D eigenvalue weighted by atomic mass is 16.3. The van der Waals surface area contributed by atoms with E-state index in [0.717, 1.165) is 77.6 Å². The van der Waals surface area contributed by atoms with Crippen molar-refractivity contribution in [2.75, 3.05) is 0 Å². The molecule has 6 aromatic carbocycles. The molecule has 3 aromatic heterocycles. The first-order chi connectivity index (χ1) is 27.9. The van der Waals surface area contributed by atoms with Gasteiger partial charge in [-0.05, 0) is 120 Å². The summed E-state index contributed by atoms with van der Waals surface area (Å²) in [4.78, 5) is 15.9. The van der Waals surface area contributed by atoms with Crippen LogP contribution in [0.1, 0.15) is 57.1 Å². The Bertz CT molecular complexity index is 2920. The van der Waals surface area contributed by atoms with Crippen molar-refractivity contribution in [3.8, 4) is 51.4 Å². The van der Waals surface area contributed by atoms with Crippen molar-refractivity contribution in [3.05, 3.63) is 139 Å².